The molecule has 26 heavy (non-hydrogen) atoms. The zero-order chi connectivity index (χ0) is 18.8. The number of nitrogens with zero attached hydrogens (tertiary/aromatic N) is 2. The Kier molecular flexibility index (Phi) is 4.45. The standard InChI is InChI=1S/C19H17N3O4/c1-21-14-6-4-3-5-13(14)19(25)22(10-9-17(23)26-2)16-11-12(18(20)24)7-8-15(16)21/h3-11H,1-2H3,(H2,20,24)/b10-9+. The summed E-state index contributed by atoms with van der Waals surface area (Å²) >= 11 is 0. The van der Waals surface area contributed by atoms with E-state index in [1.165, 1.54) is 24.3 Å². The van der Waals surface area contributed by atoms with Gasteiger partial charge in [-0.25, -0.2) is 4.79 Å². The number of para-hydroxylation sites is 1. The van der Waals surface area contributed by atoms with Crippen LogP contribution in [0.2, 0.25) is 0 Å². The molecule has 2 N–H and O–H groups in total. The zero-order valence-electron chi connectivity index (χ0n) is 14.3. The lowest BCUT2D eigenvalue weighted by Crippen LogP contribution is -2.25. The molecule has 2 amide bonds. The van der Waals surface area contributed by atoms with Crippen molar-refractivity contribution < 1.29 is 19.1 Å². The van der Waals surface area contributed by atoms with Crippen molar-refractivity contribution in [3.63, 3.8) is 0 Å². The number of hydrogen-bond acceptors (Lipinski definition) is 5. The summed E-state index contributed by atoms with van der Waals surface area (Å²) in [6.45, 7) is 0. The molecule has 0 fully saturated rings. The number of amides is 2. The molecule has 1 aliphatic heterocycles. The molecule has 0 bridgehead atoms. The van der Waals surface area contributed by atoms with E-state index in [1.54, 1.807) is 24.3 Å². The van der Waals surface area contributed by atoms with Crippen molar-refractivity contribution in [3.8, 4) is 0 Å². The fraction of sp³-hybridized carbons (Fsp3) is 0.105. The predicted molar refractivity (Wildman–Crippen MR) is 97.4 cm³/mol. The molecule has 7 nitrogen and oxygen atoms in total. The van der Waals surface area contributed by atoms with E-state index in [0.717, 1.165) is 6.08 Å². The van der Waals surface area contributed by atoms with Gasteiger partial charge < -0.3 is 15.4 Å². The van der Waals surface area contributed by atoms with E-state index in [4.69, 9.17) is 5.73 Å². The lowest BCUT2D eigenvalue weighted by atomic mass is 10.1. The van der Waals surface area contributed by atoms with Crippen molar-refractivity contribution in [1.82, 2.24) is 0 Å². The van der Waals surface area contributed by atoms with Crippen LogP contribution < -0.4 is 15.5 Å². The number of anilines is 3. The van der Waals surface area contributed by atoms with Gasteiger partial charge in [0, 0.05) is 24.9 Å². The molecular formula is C19H17N3O4. The lowest BCUT2D eigenvalue weighted by Gasteiger charge is -2.23. The van der Waals surface area contributed by atoms with Crippen LogP contribution in [0, 0.1) is 0 Å². The summed E-state index contributed by atoms with van der Waals surface area (Å²) in [5.74, 6) is -1.55. The molecule has 2 aromatic rings. The SMILES string of the molecule is COC(=O)/C=C/N1C(=O)c2ccccc2N(C)c2ccc(C(N)=O)cc21. The van der Waals surface area contributed by atoms with Gasteiger partial charge in [0.05, 0.1) is 29.7 Å². The van der Waals surface area contributed by atoms with Crippen molar-refractivity contribution in [1.29, 1.82) is 0 Å². The summed E-state index contributed by atoms with van der Waals surface area (Å²) in [6.07, 6.45) is 2.47. The van der Waals surface area contributed by atoms with Crippen molar-refractivity contribution in [2.45, 2.75) is 0 Å². The molecule has 3 rings (SSSR count). The van der Waals surface area contributed by atoms with E-state index < -0.39 is 11.9 Å². The monoisotopic (exact) mass is 351 g/mol. The first kappa shape index (κ1) is 17.2. The highest BCUT2D eigenvalue weighted by Crippen LogP contribution is 2.40. The number of methoxy groups -OCH3 is 1. The first-order valence-corrected chi connectivity index (χ1v) is 7.80. The maximum Gasteiger partial charge on any atom is 0.331 e. The highest BCUT2D eigenvalue weighted by molar-refractivity contribution is 6.15. The van der Waals surface area contributed by atoms with Crippen LogP contribution in [-0.2, 0) is 9.53 Å². The fourth-order valence-corrected chi connectivity index (χ4v) is 2.82. The van der Waals surface area contributed by atoms with Crippen LogP contribution in [0.15, 0.2) is 54.7 Å². The Labute approximate surface area is 150 Å². The van der Waals surface area contributed by atoms with Crippen LogP contribution >= 0.6 is 0 Å². The minimum absolute atomic E-state index is 0.257. The molecule has 2 aromatic carbocycles. The van der Waals surface area contributed by atoms with Gasteiger partial charge in [-0.3, -0.25) is 14.5 Å². The number of esters is 1. The molecular weight excluding hydrogens is 334 g/mol. The van der Waals surface area contributed by atoms with Gasteiger partial charge in [0.1, 0.15) is 0 Å². The molecule has 0 radical (unpaired) electrons. The van der Waals surface area contributed by atoms with Gasteiger partial charge in [-0.2, -0.15) is 0 Å². The highest BCUT2D eigenvalue weighted by atomic mass is 16.5. The molecule has 0 aliphatic carbocycles. The van der Waals surface area contributed by atoms with Gasteiger partial charge in [0.15, 0.2) is 0 Å². The van der Waals surface area contributed by atoms with E-state index in [1.807, 2.05) is 24.1 Å². The summed E-state index contributed by atoms with van der Waals surface area (Å²) in [5.41, 5.74) is 7.92. The highest BCUT2D eigenvalue weighted by Gasteiger charge is 2.29. The average Bonchev–Trinajstić information content (AvgIpc) is 2.74. The molecule has 0 spiro atoms. The zero-order valence-corrected chi connectivity index (χ0v) is 14.3. The number of nitrogens with two attached hydrogens (primary N) is 1. The van der Waals surface area contributed by atoms with Crippen LogP contribution in [0.4, 0.5) is 17.1 Å². The number of fused-ring (bicyclic) bond motifs is 2. The van der Waals surface area contributed by atoms with Gasteiger partial charge in [0.2, 0.25) is 5.91 Å². The topological polar surface area (TPSA) is 92.9 Å². The molecule has 0 unspecified atom stereocenters. The summed E-state index contributed by atoms with van der Waals surface area (Å²) in [7, 11) is 3.07. The summed E-state index contributed by atoms with van der Waals surface area (Å²) in [4.78, 5) is 39.4. The summed E-state index contributed by atoms with van der Waals surface area (Å²) < 4.78 is 4.60. The van der Waals surface area contributed by atoms with Crippen molar-refractivity contribution in [3.05, 3.63) is 65.9 Å². The Morgan fingerprint density at radius 3 is 2.50 bits per heavy atom. The quantitative estimate of drug-likeness (QED) is 0.676. The van der Waals surface area contributed by atoms with Crippen molar-refractivity contribution in [2.75, 3.05) is 24.0 Å². The first-order chi connectivity index (χ1) is 12.4. The number of benzene rings is 2. The van der Waals surface area contributed by atoms with E-state index in [0.29, 0.717) is 22.6 Å². The van der Waals surface area contributed by atoms with Crippen LogP contribution in [0.1, 0.15) is 20.7 Å². The lowest BCUT2D eigenvalue weighted by molar-refractivity contribution is -0.134. The summed E-state index contributed by atoms with van der Waals surface area (Å²) in [5, 5.41) is 0. The maximum absolute atomic E-state index is 13.1. The van der Waals surface area contributed by atoms with Crippen molar-refractivity contribution >= 4 is 34.8 Å². The third kappa shape index (κ3) is 2.90. The average molecular weight is 351 g/mol. The Bertz CT molecular complexity index is 936. The second-order valence-corrected chi connectivity index (χ2v) is 5.66. The normalized spacial score (nSPS) is 13.2. The largest absolute Gasteiger partial charge is 0.466 e. The first-order valence-electron chi connectivity index (χ1n) is 7.80. The van der Waals surface area contributed by atoms with Crippen LogP contribution in [0.3, 0.4) is 0 Å². The summed E-state index contributed by atoms with van der Waals surface area (Å²) in [6, 6.07) is 12.0. The number of primary amides is 1. The molecule has 1 heterocycles. The Hall–Kier alpha value is -3.61. The molecule has 0 saturated heterocycles. The number of ether oxygens (including phenoxy) is 1. The van der Waals surface area contributed by atoms with Crippen LogP contribution in [0.25, 0.3) is 0 Å². The van der Waals surface area contributed by atoms with E-state index in [9.17, 15) is 14.4 Å². The number of hydrogen-bond donors (Lipinski definition) is 1. The molecule has 7 heteroatoms. The van der Waals surface area contributed by atoms with Gasteiger partial charge >= 0.3 is 5.97 Å². The third-order valence-corrected chi connectivity index (χ3v) is 4.16. The number of carbonyl (C=O) groups excluding carboxylic acids is 3. The fourth-order valence-electron chi connectivity index (χ4n) is 2.82. The minimum atomic E-state index is -0.610. The van der Waals surface area contributed by atoms with Crippen LogP contribution in [0.5, 0.6) is 0 Å². The third-order valence-electron chi connectivity index (χ3n) is 4.16. The molecule has 0 saturated carbocycles. The van der Waals surface area contributed by atoms with Crippen molar-refractivity contribution in [2.24, 2.45) is 5.73 Å². The van der Waals surface area contributed by atoms with Gasteiger partial charge in [-0.1, -0.05) is 12.1 Å². The Balaban J connectivity index is 2.25. The second-order valence-electron chi connectivity index (χ2n) is 5.66. The minimum Gasteiger partial charge on any atom is -0.466 e. The Morgan fingerprint density at radius 1 is 1.08 bits per heavy atom. The predicted octanol–water partition coefficient (Wildman–Crippen LogP) is 2.20. The van der Waals surface area contributed by atoms with E-state index in [2.05, 4.69) is 4.74 Å². The Morgan fingerprint density at radius 2 is 1.81 bits per heavy atom. The van der Waals surface area contributed by atoms with Gasteiger partial charge in [-0.15, -0.1) is 0 Å². The number of carbonyl (C=O) groups is 3. The number of rotatable bonds is 3. The smallest absolute Gasteiger partial charge is 0.331 e. The van der Waals surface area contributed by atoms with Crippen LogP contribution in [-0.4, -0.2) is 31.9 Å². The molecule has 1 aliphatic rings. The van der Waals surface area contributed by atoms with Gasteiger partial charge in [0.25, 0.3) is 5.91 Å². The molecule has 0 atom stereocenters. The van der Waals surface area contributed by atoms with E-state index >= 15 is 0 Å². The van der Waals surface area contributed by atoms with E-state index in [-0.39, 0.29) is 11.5 Å². The van der Waals surface area contributed by atoms with Gasteiger partial charge in [-0.05, 0) is 30.3 Å². The molecule has 132 valence electrons. The second kappa shape index (κ2) is 6.72. The molecule has 0 aromatic heterocycles. The maximum atomic E-state index is 13.1.